The monoisotopic (exact) mass is 374 g/mol. The van der Waals surface area contributed by atoms with Gasteiger partial charge in [0.15, 0.2) is 6.10 Å². The number of nitrogens with zero attached hydrogens (tertiary/aromatic N) is 1. The Hall–Kier alpha value is -0.870. The van der Waals surface area contributed by atoms with Gasteiger partial charge in [0.25, 0.3) is 5.91 Å². The minimum Gasteiger partial charge on any atom is -0.387 e. The number of carbonyl (C=O) groups is 2. The minimum absolute atomic E-state index is 0.277. The van der Waals surface area contributed by atoms with Crippen molar-refractivity contribution in [1.29, 1.82) is 0 Å². The number of rotatable bonds is 3. The fourth-order valence-electron chi connectivity index (χ4n) is 3.88. The van der Waals surface area contributed by atoms with Crippen molar-refractivity contribution in [3.05, 3.63) is 0 Å². The predicted molar refractivity (Wildman–Crippen MR) is 90.5 cm³/mol. The first-order chi connectivity index (χ1) is 11.9. The first kappa shape index (κ1) is 18.9. The summed E-state index contributed by atoms with van der Waals surface area (Å²) in [4.78, 5) is 26.1. The fraction of sp³-hybridized carbons (Fsp3) is 0.875. The minimum atomic E-state index is -1.86. The molecule has 25 heavy (non-hydrogen) atoms. The molecule has 3 fully saturated rings. The summed E-state index contributed by atoms with van der Waals surface area (Å²) in [7, 11) is 0. The van der Waals surface area contributed by atoms with Gasteiger partial charge in [-0.05, 0) is 18.8 Å². The third-order valence-corrected chi connectivity index (χ3v) is 6.81. The van der Waals surface area contributed by atoms with Crippen LogP contribution in [0.1, 0.15) is 32.1 Å². The van der Waals surface area contributed by atoms with Gasteiger partial charge in [0.05, 0.1) is 0 Å². The molecule has 0 unspecified atom stereocenters. The van der Waals surface area contributed by atoms with Crippen molar-refractivity contribution in [3.63, 3.8) is 0 Å². The van der Waals surface area contributed by atoms with Crippen molar-refractivity contribution >= 4 is 23.6 Å². The number of nitrogens with one attached hydrogen (secondary N) is 1. The quantitative estimate of drug-likeness (QED) is 0.403. The van der Waals surface area contributed by atoms with Crippen LogP contribution in [0, 0.1) is 5.92 Å². The van der Waals surface area contributed by atoms with Gasteiger partial charge in [-0.1, -0.05) is 19.3 Å². The lowest BCUT2D eigenvalue weighted by molar-refractivity contribution is -0.151. The summed E-state index contributed by atoms with van der Waals surface area (Å²) in [5.74, 6) is -0.434. The standard InChI is InChI=1S/C16H26N2O6S/c19-10-11(20)13(22)16-18(15(24)12(10)21)9(7-25-16)14(23)17-6-8-4-2-1-3-5-8/h8-13,16,19-22H,1-7H2,(H,17,23)/t9-,10-,11-,12-,13+,16+/m0/s1. The maximum absolute atomic E-state index is 12.6. The average molecular weight is 374 g/mol. The van der Waals surface area contributed by atoms with Crippen LogP contribution < -0.4 is 5.32 Å². The number of amides is 2. The van der Waals surface area contributed by atoms with Gasteiger partial charge in [-0.15, -0.1) is 11.8 Å². The molecular weight excluding hydrogens is 348 g/mol. The lowest BCUT2D eigenvalue weighted by Gasteiger charge is -2.30. The number of hydrogen-bond acceptors (Lipinski definition) is 7. The molecule has 3 rings (SSSR count). The third-order valence-electron chi connectivity index (χ3n) is 5.45. The molecule has 0 bridgehead atoms. The smallest absolute Gasteiger partial charge is 0.255 e. The number of aliphatic hydroxyl groups is 4. The molecule has 2 amide bonds. The molecule has 8 nitrogen and oxygen atoms in total. The van der Waals surface area contributed by atoms with Crippen LogP contribution in [0.4, 0.5) is 0 Å². The van der Waals surface area contributed by atoms with Crippen LogP contribution in [0.3, 0.4) is 0 Å². The van der Waals surface area contributed by atoms with Crippen LogP contribution in [0.15, 0.2) is 0 Å². The Balaban J connectivity index is 1.68. The molecule has 142 valence electrons. The van der Waals surface area contributed by atoms with Gasteiger partial charge >= 0.3 is 0 Å². The van der Waals surface area contributed by atoms with Gasteiger partial charge < -0.3 is 30.6 Å². The fourth-order valence-corrected chi connectivity index (χ4v) is 5.34. The number of aliphatic hydroxyl groups excluding tert-OH is 4. The lowest BCUT2D eigenvalue weighted by Crippen LogP contribution is -2.54. The molecule has 0 radical (unpaired) electrons. The summed E-state index contributed by atoms with van der Waals surface area (Å²) in [5.41, 5.74) is 0. The molecule has 2 heterocycles. The van der Waals surface area contributed by atoms with Gasteiger partial charge in [0.1, 0.15) is 29.7 Å². The Kier molecular flexibility index (Phi) is 5.89. The molecule has 1 saturated carbocycles. The van der Waals surface area contributed by atoms with Crippen LogP contribution in [0.2, 0.25) is 0 Å². The van der Waals surface area contributed by atoms with Gasteiger partial charge in [-0.2, -0.15) is 0 Å². The molecule has 9 heteroatoms. The maximum atomic E-state index is 12.6. The van der Waals surface area contributed by atoms with Crippen molar-refractivity contribution in [2.45, 2.75) is 67.9 Å². The van der Waals surface area contributed by atoms with E-state index in [2.05, 4.69) is 5.32 Å². The molecular formula is C16H26N2O6S. The van der Waals surface area contributed by atoms with Crippen LogP contribution in [-0.4, -0.2) is 85.3 Å². The predicted octanol–water partition coefficient (Wildman–Crippen LogP) is -1.59. The zero-order chi connectivity index (χ0) is 18.1. The molecule has 5 N–H and O–H groups in total. The molecule has 2 aliphatic heterocycles. The molecule has 3 aliphatic rings. The van der Waals surface area contributed by atoms with Gasteiger partial charge in [0.2, 0.25) is 5.91 Å². The number of fused-ring (bicyclic) bond motifs is 1. The van der Waals surface area contributed by atoms with E-state index in [0.29, 0.717) is 12.5 Å². The summed E-state index contributed by atoms with van der Waals surface area (Å²) in [6.07, 6.45) is -0.985. The van der Waals surface area contributed by atoms with E-state index in [1.165, 1.54) is 31.0 Å². The van der Waals surface area contributed by atoms with Gasteiger partial charge in [-0.25, -0.2) is 0 Å². The Morgan fingerprint density at radius 3 is 2.44 bits per heavy atom. The first-order valence-corrected chi connectivity index (χ1v) is 9.90. The summed E-state index contributed by atoms with van der Waals surface area (Å²) in [6.45, 7) is 0.559. The van der Waals surface area contributed by atoms with Crippen molar-refractivity contribution in [2.75, 3.05) is 12.3 Å². The zero-order valence-electron chi connectivity index (χ0n) is 14.0. The van der Waals surface area contributed by atoms with Crippen LogP contribution in [-0.2, 0) is 9.59 Å². The molecule has 6 atom stereocenters. The van der Waals surface area contributed by atoms with Crippen LogP contribution in [0.25, 0.3) is 0 Å². The second-order valence-corrected chi connectivity index (χ2v) is 8.30. The number of hydrogen-bond donors (Lipinski definition) is 5. The first-order valence-electron chi connectivity index (χ1n) is 8.85. The third kappa shape index (κ3) is 3.66. The second kappa shape index (κ2) is 7.79. The Morgan fingerprint density at radius 2 is 1.76 bits per heavy atom. The van der Waals surface area contributed by atoms with Crippen LogP contribution >= 0.6 is 11.8 Å². The Bertz CT molecular complexity index is 515. The average Bonchev–Trinajstić information content (AvgIpc) is 3.06. The van der Waals surface area contributed by atoms with E-state index in [4.69, 9.17) is 0 Å². The highest BCUT2D eigenvalue weighted by molar-refractivity contribution is 8.00. The molecule has 2 saturated heterocycles. The zero-order valence-corrected chi connectivity index (χ0v) is 14.8. The van der Waals surface area contributed by atoms with Crippen molar-refractivity contribution in [2.24, 2.45) is 5.92 Å². The van der Waals surface area contributed by atoms with E-state index in [1.807, 2.05) is 0 Å². The molecule has 0 aromatic heterocycles. The summed E-state index contributed by atoms with van der Waals surface area (Å²) >= 11 is 1.17. The Labute approximate surface area is 150 Å². The molecule has 1 aliphatic carbocycles. The molecule has 0 spiro atoms. The second-order valence-electron chi connectivity index (χ2n) is 7.15. The van der Waals surface area contributed by atoms with Crippen molar-refractivity contribution in [3.8, 4) is 0 Å². The van der Waals surface area contributed by atoms with Crippen molar-refractivity contribution in [1.82, 2.24) is 10.2 Å². The van der Waals surface area contributed by atoms with E-state index in [-0.39, 0.29) is 11.7 Å². The molecule has 0 aromatic rings. The van der Waals surface area contributed by atoms with E-state index >= 15 is 0 Å². The topological polar surface area (TPSA) is 130 Å². The van der Waals surface area contributed by atoms with E-state index in [9.17, 15) is 30.0 Å². The van der Waals surface area contributed by atoms with Crippen LogP contribution in [0.5, 0.6) is 0 Å². The van der Waals surface area contributed by atoms with E-state index < -0.39 is 41.7 Å². The van der Waals surface area contributed by atoms with Crippen molar-refractivity contribution < 1.29 is 30.0 Å². The lowest BCUT2D eigenvalue weighted by atomic mass is 9.89. The normalized spacial score (nSPS) is 39.8. The van der Waals surface area contributed by atoms with E-state index in [1.54, 1.807) is 0 Å². The summed E-state index contributed by atoms with van der Waals surface area (Å²) in [5, 5.41) is 41.9. The summed E-state index contributed by atoms with van der Waals surface area (Å²) in [6, 6.07) is -0.826. The number of carbonyl (C=O) groups excluding carboxylic acids is 2. The number of thioether (sulfide) groups is 1. The maximum Gasteiger partial charge on any atom is 0.255 e. The van der Waals surface area contributed by atoms with E-state index in [0.717, 1.165) is 17.7 Å². The highest BCUT2D eigenvalue weighted by Gasteiger charge is 2.53. The Morgan fingerprint density at radius 1 is 1.08 bits per heavy atom. The SMILES string of the molecule is O=C(NCC1CCCCC1)[C@@H]1CS[C@@H]2[C@H](O)[C@@H](O)[C@H](O)[C@H](O)C(=O)N21. The highest BCUT2D eigenvalue weighted by Crippen LogP contribution is 2.36. The molecule has 0 aromatic carbocycles. The van der Waals surface area contributed by atoms with Gasteiger partial charge in [-0.3, -0.25) is 9.59 Å². The summed E-state index contributed by atoms with van der Waals surface area (Å²) < 4.78 is 0. The van der Waals surface area contributed by atoms with Gasteiger partial charge in [0, 0.05) is 12.3 Å². The largest absolute Gasteiger partial charge is 0.387 e. The highest BCUT2D eigenvalue weighted by atomic mass is 32.2.